The van der Waals surface area contributed by atoms with E-state index in [0.717, 1.165) is 32.7 Å². The van der Waals surface area contributed by atoms with E-state index in [0.29, 0.717) is 12.1 Å². The number of nitrogens with one attached hydrogen (secondary N) is 2. The Morgan fingerprint density at radius 3 is 2.87 bits per heavy atom. The molecular formula is C17H14BrN3O2. The smallest absolute Gasteiger partial charge is 0.211 e. The van der Waals surface area contributed by atoms with Gasteiger partial charge in [-0.1, -0.05) is 45.4 Å². The van der Waals surface area contributed by atoms with Crippen LogP contribution in [0.2, 0.25) is 0 Å². The van der Waals surface area contributed by atoms with Crippen LogP contribution in [0.5, 0.6) is 0 Å². The van der Waals surface area contributed by atoms with E-state index in [1.807, 2.05) is 48.5 Å². The van der Waals surface area contributed by atoms with Gasteiger partial charge >= 0.3 is 0 Å². The first-order chi connectivity index (χ1) is 11.2. The second-order valence-electron chi connectivity index (χ2n) is 4.84. The number of rotatable bonds is 4. The maximum Gasteiger partial charge on any atom is 0.211 e. The molecule has 0 aromatic heterocycles. The first-order valence-electron chi connectivity index (χ1n) is 6.92. The van der Waals surface area contributed by atoms with Crippen molar-refractivity contribution in [1.82, 2.24) is 0 Å². The summed E-state index contributed by atoms with van der Waals surface area (Å²) in [5.74, 6) is 0. The third kappa shape index (κ3) is 3.12. The van der Waals surface area contributed by atoms with Crippen LogP contribution < -0.4 is 10.6 Å². The summed E-state index contributed by atoms with van der Waals surface area (Å²) < 4.78 is 0.887. The molecule has 0 unspecified atom stereocenters. The first kappa shape index (κ1) is 15.3. The normalized spacial score (nSPS) is 16.1. The minimum Gasteiger partial charge on any atom is -0.399 e. The van der Waals surface area contributed by atoms with Crippen LogP contribution in [-0.4, -0.2) is 19.2 Å². The van der Waals surface area contributed by atoms with E-state index in [1.165, 1.54) is 7.11 Å². The Bertz CT molecular complexity index is 815. The molecule has 0 saturated heterocycles. The topological polar surface area (TPSA) is 62.7 Å². The van der Waals surface area contributed by atoms with Crippen LogP contribution >= 0.6 is 15.9 Å². The van der Waals surface area contributed by atoms with Crippen LogP contribution in [0, 0.1) is 0 Å². The van der Waals surface area contributed by atoms with E-state index in [-0.39, 0.29) is 0 Å². The van der Waals surface area contributed by atoms with Crippen LogP contribution in [0.1, 0.15) is 11.1 Å². The third-order valence-corrected chi connectivity index (χ3v) is 3.91. The van der Waals surface area contributed by atoms with Crippen molar-refractivity contribution in [2.24, 2.45) is 5.16 Å². The molecule has 2 aromatic carbocycles. The Labute approximate surface area is 142 Å². The Balaban J connectivity index is 2.07. The predicted octanol–water partition coefficient (Wildman–Crippen LogP) is 3.83. The van der Waals surface area contributed by atoms with Gasteiger partial charge in [0.15, 0.2) is 0 Å². The van der Waals surface area contributed by atoms with E-state index in [4.69, 9.17) is 4.84 Å². The second-order valence-corrected chi connectivity index (χ2v) is 5.76. The maximum absolute atomic E-state index is 10.8. The molecule has 0 fully saturated rings. The van der Waals surface area contributed by atoms with Gasteiger partial charge in [-0.2, -0.15) is 0 Å². The molecular weight excluding hydrogens is 358 g/mol. The van der Waals surface area contributed by atoms with Gasteiger partial charge in [-0.15, -0.1) is 0 Å². The van der Waals surface area contributed by atoms with Gasteiger partial charge in [-0.25, -0.2) is 0 Å². The van der Waals surface area contributed by atoms with Crippen molar-refractivity contribution in [2.45, 2.75) is 0 Å². The van der Waals surface area contributed by atoms with E-state index >= 15 is 0 Å². The number of nitrogens with zero attached hydrogens (tertiary/aromatic N) is 1. The van der Waals surface area contributed by atoms with Crippen molar-refractivity contribution in [3.63, 3.8) is 0 Å². The number of para-hydroxylation sites is 1. The highest BCUT2D eigenvalue weighted by Gasteiger charge is 2.23. The fourth-order valence-corrected chi connectivity index (χ4v) is 2.80. The predicted molar refractivity (Wildman–Crippen MR) is 95.4 cm³/mol. The zero-order chi connectivity index (χ0) is 16.2. The number of halogens is 1. The lowest BCUT2D eigenvalue weighted by molar-refractivity contribution is -0.105. The molecule has 0 atom stereocenters. The van der Waals surface area contributed by atoms with Crippen molar-refractivity contribution >= 4 is 45.5 Å². The van der Waals surface area contributed by atoms with Crippen LogP contribution in [0.4, 0.5) is 11.4 Å². The van der Waals surface area contributed by atoms with Crippen molar-refractivity contribution in [2.75, 3.05) is 17.7 Å². The van der Waals surface area contributed by atoms with E-state index in [1.54, 1.807) is 0 Å². The van der Waals surface area contributed by atoms with Crippen molar-refractivity contribution in [3.05, 3.63) is 63.8 Å². The van der Waals surface area contributed by atoms with Crippen molar-refractivity contribution in [1.29, 1.82) is 0 Å². The minimum atomic E-state index is 0.658. The molecule has 1 amide bonds. The molecule has 0 spiro atoms. The molecule has 23 heavy (non-hydrogen) atoms. The average Bonchev–Trinajstić information content (AvgIpc) is 2.89. The molecule has 0 aliphatic carbocycles. The summed E-state index contributed by atoms with van der Waals surface area (Å²) in [5.41, 5.74) is 5.04. The fourth-order valence-electron chi connectivity index (χ4n) is 2.44. The molecule has 2 N–H and O–H groups in total. The molecule has 116 valence electrons. The van der Waals surface area contributed by atoms with Crippen LogP contribution in [0.15, 0.2) is 57.8 Å². The lowest BCUT2D eigenvalue weighted by Gasteiger charge is -2.07. The zero-order valence-electron chi connectivity index (χ0n) is 12.3. The van der Waals surface area contributed by atoms with Crippen LogP contribution in [-0.2, 0) is 9.63 Å². The second kappa shape index (κ2) is 6.66. The van der Waals surface area contributed by atoms with Gasteiger partial charge in [0.05, 0.1) is 5.70 Å². The minimum absolute atomic E-state index is 0.658. The number of fused-ring (bicyclic) bond motifs is 1. The summed E-state index contributed by atoms with van der Waals surface area (Å²) >= 11 is 3.40. The highest BCUT2D eigenvalue weighted by Crippen LogP contribution is 2.31. The number of benzene rings is 2. The standard InChI is InChI=1S/C17H14BrN3O2/c1-23-21-17-13-4-2-3-5-14(13)20-16(17)8-11-6-7-12(18)9-15(11)19-10-22/h2-10,20H,1H3,(H,19,22)/b16-8+,21-17+. The summed E-state index contributed by atoms with van der Waals surface area (Å²) in [6, 6.07) is 13.5. The van der Waals surface area contributed by atoms with Gasteiger partial charge in [-0.05, 0) is 24.3 Å². The largest absolute Gasteiger partial charge is 0.399 e. The van der Waals surface area contributed by atoms with Gasteiger partial charge in [0.2, 0.25) is 6.41 Å². The number of hydrogen-bond donors (Lipinski definition) is 2. The SMILES string of the molecule is CO/N=C1/C(=C\c2ccc(Br)cc2NC=O)Nc2ccccc21. The monoisotopic (exact) mass is 371 g/mol. The number of anilines is 2. The molecule has 2 aromatic rings. The zero-order valence-corrected chi connectivity index (χ0v) is 13.9. The van der Waals surface area contributed by atoms with Gasteiger partial charge in [0, 0.05) is 27.0 Å². The summed E-state index contributed by atoms with van der Waals surface area (Å²) in [5, 5.41) is 10.2. The number of carbonyl (C=O) groups is 1. The maximum atomic E-state index is 10.8. The molecule has 1 aliphatic heterocycles. The fraction of sp³-hybridized carbons (Fsp3) is 0.0588. The van der Waals surface area contributed by atoms with Crippen molar-refractivity contribution < 1.29 is 9.63 Å². The van der Waals surface area contributed by atoms with E-state index in [2.05, 4.69) is 31.7 Å². The summed E-state index contributed by atoms with van der Waals surface area (Å²) in [7, 11) is 1.52. The van der Waals surface area contributed by atoms with Crippen LogP contribution in [0.3, 0.4) is 0 Å². The molecule has 0 saturated carbocycles. The number of allylic oxidation sites excluding steroid dienone is 1. The molecule has 1 aliphatic rings. The molecule has 6 heteroatoms. The van der Waals surface area contributed by atoms with Gasteiger partial charge < -0.3 is 15.5 Å². The third-order valence-electron chi connectivity index (χ3n) is 3.42. The first-order valence-corrected chi connectivity index (χ1v) is 7.71. The Kier molecular flexibility index (Phi) is 4.43. The van der Waals surface area contributed by atoms with Crippen molar-refractivity contribution in [3.8, 4) is 0 Å². The molecule has 3 rings (SSSR count). The number of oxime groups is 1. The summed E-state index contributed by atoms with van der Waals surface area (Å²) in [4.78, 5) is 15.8. The highest BCUT2D eigenvalue weighted by atomic mass is 79.9. The average molecular weight is 372 g/mol. The summed E-state index contributed by atoms with van der Waals surface area (Å²) in [6.45, 7) is 0. The van der Waals surface area contributed by atoms with Gasteiger partial charge in [0.1, 0.15) is 12.8 Å². The lowest BCUT2D eigenvalue weighted by atomic mass is 10.1. The Morgan fingerprint density at radius 2 is 2.09 bits per heavy atom. The number of amides is 1. The molecule has 1 heterocycles. The molecule has 5 nitrogen and oxygen atoms in total. The number of hydrogen-bond acceptors (Lipinski definition) is 4. The molecule has 0 bridgehead atoms. The van der Waals surface area contributed by atoms with Gasteiger partial charge in [-0.3, -0.25) is 4.79 Å². The highest BCUT2D eigenvalue weighted by molar-refractivity contribution is 9.10. The summed E-state index contributed by atoms with van der Waals surface area (Å²) in [6.07, 6.45) is 2.58. The van der Waals surface area contributed by atoms with Crippen LogP contribution in [0.25, 0.3) is 6.08 Å². The Hall–Kier alpha value is -2.60. The van der Waals surface area contributed by atoms with Gasteiger partial charge in [0.25, 0.3) is 0 Å². The van der Waals surface area contributed by atoms with E-state index in [9.17, 15) is 4.79 Å². The lowest BCUT2D eigenvalue weighted by Crippen LogP contribution is -2.04. The quantitative estimate of drug-likeness (QED) is 0.633. The Morgan fingerprint density at radius 1 is 1.26 bits per heavy atom. The number of carbonyl (C=O) groups excluding carboxylic acids is 1. The van der Waals surface area contributed by atoms with E-state index < -0.39 is 0 Å². The molecule has 0 radical (unpaired) electrons.